The zero-order valence-corrected chi connectivity index (χ0v) is 14.9. The van der Waals surface area contributed by atoms with Crippen LogP contribution in [0.5, 0.6) is 5.75 Å². The van der Waals surface area contributed by atoms with Crippen molar-refractivity contribution < 1.29 is 19.1 Å². The third kappa shape index (κ3) is 5.27. The maximum absolute atomic E-state index is 12.0. The zero-order valence-electron chi connectivity index (χ0n) is 13.3. The second kappa shape index (κ2) is 8.60. The third-order valence-corrected chi connectivity index (χ3v) is 3.83. The normalized spacial score (nSPS) is 10.2. The molecular weight excluding hydrogens is 367 g/mol. The Hall–Kier alpha value is -2.44. The van der Waals surface area contributed by atoms with Gasteiger partial charge in [-0.3, -0.25) is 4.79 Å². The first-order chi connectivity index (χ1) is 11.9. The summed E-state index contributed by atoms with van der Waals surface area (Å²) in [5.41, 5.74) is 6.66. The van der Waals surface area contributed by atoms with Crippen LogP contribution in [0.15, 0.2) is 36.4 Å². The summed E-state index contributed by atoms with van der Waals surface area (Å²) in [7, 11) is 1.57. The first kappa shape index (κ1) is 18.9. The molecule has 0 atom stereocenters. The van der Waals surface area contributed by atoms with Crippen LogP contribution in [0.2, 0.25) is 10.0 Å². The number of carbonyl (C=O) groups is 2. The largest absolute Gasteiger partial charge is 0.497 e. The van der Waals surface area contributed by atoms with Crippen molar-refractivity contribution in [2.24, 2.45) is 0 Å². The second-order valence-electron chi connectivity index (χ2n) is 5.05. The molecule has 8 heteroatoms. The van der Waals surface area contributed by atoms with Crippen LogP contribution >= 0.6 is 23.2 Å². The monoisotopic (exact) mass is 382 g/mol. The highest BCUT2D eigenvalue weighted by Crippen LogP contribution is 2.28. The van der Waals surface area contributed by atoms with Gasteiger partial charge in [-0.2, -0.15) is 0 Å². The van der Waals surface area contributed by atoms with E-state index in [4.69, 9.17) is 38.4 Å². The Balaban J connectivity index is 1.86. The van der Waals surface area contributed by atoms with E-state index in [1.165, 1.54) is 12.1 Å². The molecule has 0 fully saturated rings. The molecule has 3 N–H and O–H groups in total. The van der Waals surface area contributed by atoms with Crippen LogP contribution in [-0.2, 0) is 16.1 Å². The van der Waals surface area contributed by atoms with Gasteiger partial charge in [0.15, 0.2) is 6.61 Å². The Bertz CT molecular complexity index is 779. The van der Waals surface area contributed by atoms with Crippen LogP contribution in [0.3, 0.4) is 0 Å². The number of methoxy groups -OCH3 is 1. The summed E-state index contributed by atoms with van der Waals surface area (Å²) in [6.07, 6.45) is 0. The molecule has 0 spiro atoms. The van der Waals surface area contributed by atoms with Crippen molar-refractivity contribution in [3.8, 4) is 5.75 Å². The number of amides is 1. The van der Waals surface area contributed by atoms with Crippen LogP contribution < -0.4 is 15.8 Å². The van der Waals surface area contributed by atoms with Crippen molar-refractivity contribution in [2.45, 2.75) is 6.54 Å². The van der Waals surface area contributed by atoms with E-state index in [0.717, 1.165) is 11.3 Å². The fourth-order valence-electron chi connectivity index (χ4n) is 1.96. The number of benzene rings is 2. The summed E-state index contributed by atoms with van der Waals surface area (Å²) in [5, 5.41) is 3.03. The molecular formula is C17H16Cl2N2O4. The van der Waals surface area contributed by atoms with Gasteiger partial charge >= 0.3 is 5.97 Å². The molecule has 1 amide bonds. The van der Waals surface area contributed by atoms with E-state index in [9.17, 15) is 9.59 Å². The number of halogens is 2. The van der Waals surface area contributed by atoms with Crippen LogP contribution in [0.1, 0.15) is 15.9 Å². The highest BCUT2D eigenvalue weighted by Gasteiger charge is 2.16. The zero-order chi connectivity index (χ0) is 18.4. The van der Waals surface area contributed by atoms with E-state index < -0.39 is 18.5 Å². The number of hydrogen-bond donors (Lipinski definition) is 2. The van der Waals surface area contributed by atoms with E-state index >= 15 is 0 Å². The van der Waals surface area contributed by atoms with Gasteiger partial charge in [-0.1, -0.05) is 35.3 Å². The van der Waals surface area contributed by atoms with Gasteiger partial charge in [0, 0.05) is 11.6 Å². The van der Waals surface area contributed by atoms with Gasteiger partial charge in [-0.15, -0.1) is 0 Å². The predicted molar refractivity (Wildman–Crippen MR) is 96.0 cm³/mol. The molecule has 0 saturated carbocycles. The average Bonchev–Trinajstić information content (AvgIpc) is 2.61. The van der Waals surface area contributed by atoms with Gasteiger partial charge < -0.3 is 20.5 Å². The average molecular weight is 383 g/mol. The molecule has 0 heterocycles. The summed E-state index contributed by atoms with van der Waals surface area (Å²) in [4.78, 5) is 23.8. The van der Waals surface area contributed by atoms with Crippen molar-refractivity contribution in [1.29, 1.82) is 0 Å². The van der Waals surface area contributed by atoms with E-state index in [1.807, 2.05) is 12.1 Å². The molecule has 2 rings (SSSR count). The third-order valence-electron chi connectivity index (χ3n) is 3.30. The molecule has 2 aromatic rings. The molecule has 132 valence electrons. The summed E-state index contributed by atoms with van der Waals surface area (Å²) in [6.45, 7) is -0.149. The molecule has 0 bridgehead atoms. The number of carbonyl (C=O) groups excluding carboxylic acids is 2. The molecule has 6 nitrogen and oxygen atoms in total. The van der Waals surface area contributed by atoms with Gasteiger partial charge in [0.2, 0.25) is 0 Å². The standard InChI is InChI=1S/C17H16Cl2N2O4/c1-24-12-4-2-10(3-5-12)8-21-15(22)9-25-17(23)13-6-11(18)7-14(19)16(13)20/h2-7H,8-9,20H2,1H3,(H,21,22). The highest BCUT2D eigenvalue weighted by atomic mass is 35.5. The Kier molecular flexibility index (Phi) is 6.50. The minimum Gasteiger partial charge on any atom is -0.497 e. The van der Waals surface area contributed by atoms with E-state index in [2.05, 4.69) is 5.32 Å². The fourth-order valence-corrected chi connectivity index (χ4v) is 2.45. The molecule has 0 aromatic heterocycles. The minimum absolute atomic E-state index is 0.0143. The number of esters is 1. The lowest BCUT2D eigenvalue weighted by atomic mass is 10.2. The Morgan fingerprint density at radius 3 is 2.48 bits per heavy atom. The molecule has 0 aliphatic rings. The van der Waals surface area contributed by atoms with Gasteiger partial charge in [0.05, 0.1) is 23.4 Å². The van der Waals surface area contributed by atoms with Gasteiger partial charge in [-0.25, -0.2) is 4.79 Å². The van der Waals surface area contributed by atoms with Gasteiger partial charge in [0.1, 0.15) is 5.75 Å². The molecule has 0 aliphatic heterocycles. The maximum atomic E-state index is 12.0. The van der Waals surface area contributed by atoms with Crippen LogP contribution in [-0.4, -0.2) is 25.6 Å². The number of anilines is 1. The van der Waals surface area contributed by atoms with Crippen LogP contribution in [0.4, 0.5) is 5.69 Å². The van der Waals surface area contributed by atoms with Crippen LogP contribution in [0, 0.1) is 0 Å². The lowest BCUT2D eigenvalue weighted by molar-refractivity contribution is -0.124. The van der Waals surface area contributed by atoms with Crippen molar-refractivity contribution in [3.05, 3.63) is 57.6 Å². The smallest absolute Gasteiger partial charge is 0.340 e. The molecule has 25 heavy (non-hydrogen) atoms. The number of hydrogen-bond acceptors (Lipinski definition) is 5. The first-order valence-corrected chi connectivity index (χ1v) is 7.97. The summed E-state index contributed by atoms with van der Waals surface area (Å²) in [5.74, 6) is -0.501. The summed E-state index contributed by atoms with van der Waals surface area (Å²) < 4.78 is 9.99. The quantitative estimate of drug-likeness (QED) is 0.591. The Labute approximate surface area is 154 Å². The Morgan fingerprint density at radius 1 is 1.16 bits per heavy atom. The molecule has 2 aromatic carbocycles. The van der Waals surface area contributed by atoms with Crippen LogP contribution in [0.25, 0.3) is 0 Å². The van der Waals surface area contributed by atoms with E-state index in [0.29, 0.717) is 6.54 Å². The lowest BCUT2D eigenvalue weighted by Gasteiger charge is -2.09. The molecule has 0 aliphatic carbocycles. The maximum Gasteiger partial charge on any atom is 0.340 e. The number of ether oxygens (including phenoxy) is 2. The summed E-state index contributed by atoms with van der Waals surface area (Å²) >= 11 is 11.7. The molecule has 0 unspecified atom stereocenters. The van der Waals surface area contributed by atoms with Crippen molar-refractivity contribution in [3.63, 3.8) is 0 Å². The van der Waals surface area contributed by atoms with Crippen molar-refractivity contribution in [2.75, 3.05) is 19.5 Å². The lowest BCUT2D eigenvalue weighted by Crippen LogP contribution is -2.28. The van der Waals surface area contributed by atoms with Crippen molar-refractivity contribution in [1.82, 2.24) is 5.32 Å². The van der Waals surface area contributed by atoms with E-state index in [-0.39, 0.29) is 21.3 Å². The Morgan fingerprint density at radius 2 is 1.84 bits per heavy atom. The number of nitrogen functional groups attached to an aromatic ring is 1. The van der Waals surface area contributed by atoms with E-state index in [1.54, 1.807) is 19.2 Å². The molecule has 0 radical (unpaired) electrons. The minimum atomic E-state index is -0.776. The van der Waals surface area contributed by atoms with Gasteiger partial charge in [0.25, 0.3) is 5.91 Å². The first-order valence-electron chi connectivity index (χ1n) is 7.22. The van der Waals surface area contributed by atoms with Crippen molar-refractivity contribution >= 4 is 40.8 Å². The number of nitrogens with two attached hydrogens (primary N) is 1. The molecule has 0 saturated heterocycles. The fraction of sp³-hybridized carbons (Fsp3) is 0.176. The van der Waals surface area contributed by atoms with Gasteiger partial charge in [-0.05, 0) is 29.8 Å². The second-order valence-corrected chi connectivity index (χ2v) is 5.89. The predicted octanol–water partition coefficient (Wildman–Crippen LogP) is 3.06. The SMILES string of the molecule is COc1ccc(CNC(=O)COC(=O)c2cc(Cl)cc(Cl)c2N)cc1. The summed E-state index contributed by atoms with van der Waals surface area (Å²) in [6, 6.07) is 9.96. The number of rotatable bonds is 6. The topological polar surface area (TPSA) is 90.6 Å². The highest BCUT2D eigenvalue weighted by molar-refractivity contribution is 6.37. The number of nitrogens with one attached hydrogen (secondary N) is 1.